The summed E-state index contributed by atoms with van der Waals surface area (Å²) in [4.78, 5) is 27.8. The Morgan fingerprint density at radius 1 is 1.12 bits per heavy atom. The molecule has 3 rings (SSSR count). The van der Waals surface area contributed by atoms with Crippen LogP contribution in [0.5, 0.6) is 11.5 Å². The molecule has 0 unspecified atom stereocenters. The summed E-state index contributed by atoms with van der Waals surface area (Å²) >= 11 is 0. The SMILES string of the molecule is COc1ccc(OC(=O)c2cc(C)nc3ccc(C)cc23)c([N+](=O)[O-])c1. The number of nitrogens with zero attached hydrogens (tertiary/aromatic N) is 2. The lowest BCUT2D eigenvalue weighted by atomic mass is 10.1. The van der Waals surface area contributed by atoms with E-state index in [1.54, 1.807) is 13.0 Å². The number of nitro benzene ring substituents is 1. The van der Waals surface area contributed by atoms with Crippen molar-refractivity contribution in [1.29, 1.82) is 0 Å². The number of ether oxygens (including phenoxy) is 2. The van der Waals surface area contributed by atoms with Gasteiger partial charge in [-0.1, -0.05) is 11.6 Å². The molecular formula is C19H16N2O5. The maximum Gasteiger partial charge on any atom is 0.344 e. The van der Waals surface area contributed by atoms with Crippen molar-refractivity contribution in [3.05, 3.63) is 69.4 Å². The summed E-state index contributed by atoms with van der Waals surface area (Å²) in [6, 6.07) is 11.2. The standard InChI is InChI=1S/C19H16N2O5/c1-11-4-6-16-14(8-11)15(9-12(2)20-16)19(22)26-18-7-5-13(25-3)10-17(18)21(23)24/h4-10H,1-3H3. The maximum atomic E-state index is 12.7. The monoisotopic (exact) mass is 352 g/mol. The molecule has 0 saturated carbocycles. The maximum absolute atomic E-state index is 12.7. The van der Waals surface area contributed by atoms with Crippen LogP contribution >= 0.6 is 0 Å². The third-order valence-electron chi connectivity index (χ3n) is 3.88. The zero-order valence-electron chi connectivity index (χ0n) is 14.5. The fourth-order valence-corrected chi connectivity index (χ4v) is 2.65. The lowest BCUT2D eigenvalue weighted by Gasteiger charge is -2.10. The van der Waals surface area contributed by atoms with Gasteiger partial charge in [0.1, 0.15) is 5.75 Å². The average Bonchev–Trinajstić information content (AvgIpc) is 2.61. The molecule has 7 heteroatoms. The third-order valence-corrected chi connectivity index (χ3v) is 3.88. The first kappa shape index (κ1) is 17.3. The van der Waals surface area contributed by atoms with E-state index in [4.69, 9.17) is 9.47 Å². The number of nitro groups is 1. The van der Waals surface area contributed by atoms with Crippen molar-refractivity contribution in [1.82, 2.24) is 4.98 Å². The number of aromatic nitrogens is 1. The summed E-state index contributed by atoms with van der Waals surface area (Å²) in [5, 5.41) is 11.9. The number of benzene rings is 2. The number of fused-ring (bicyclic) bond motifs is 1. The Balaban J connectivity index is 2.05. The summed E-state index contributed by atoms with van der Waals surface area (Å²) in [6.45, 7) is 3.68. The minimum Gasteiger partial charge on any atom is -0.496 e. The normalized spacial score (nSPS) is 10.6. The summed E-state index contributed by atoms with van der Waals surface area (Å²) in [5.74, 6) is -0.521. The van der Waals surface area contributed by atoms with Crippen molar-refractivity contribution in [2.45, 2.75) is 13.8 Å². The van der Waals surface area contributed by atoms with Gasteiger partial charge in [0.05, 0.1) is 29.2 Å². The van der Waals surface area contributed by atoms with E-state index >= 15 is 0 Å². The Labute approximate surface area is 149 Å². The summed E-state index contributed by atoms with van der Waals surface area (Å²) in [5.41, 5.74) is 2.24. The van der Waals surface area contributed by atoms with Gasteiger partial charge < -0.3 is 9.47 Å². The van der Waals surface area contributed by atoms with Gasteiger partial charge in [-0.05, 0) is 44.2 Å². The van der Waals surface area contributed by atoms with E-state index in [2.05, 4.69) is 4.98 Å². The van der Waals surface area contributed by atoms with Crippen molar-refractivity contribution >= 4 is 22.6 Å². The average molecular weight is 352 g/mol. The van der Waals surface area contributed by atoms with Crippen LogP contribution in [0.3, 0.4) is 0 Å². The van der Waals surface area contributed by atoms with Crippen LogP contribution in [0.4, 0.5) is 5.69 Å². The van der Waals surface area contributed by atoms with Gasteiger partial charge in [0.25, 0.3) is 0 Å². The minimum absolute atomic E-state index is 0.143. The number of rotatable bonds is 4. The molecule has 0 amide bonds. The van der Waals surface area contributed by atoms with Crippen molar-refractivity contribution in [3.8, 4) is 11.5 Å². The molecular weight excluding hydrogens is 336 g/mol. The lowest BCUT2D eigenvalue weighted by Crippen LogP contribution is -2.11. The second-order valence-corrected chi connectivity index (χ2v) is 5.81. The first-order valence-corrected chi connectivity index (χ1v) is 7.81. The van der Waals surface area contributed by atoms with Crippen molar-refractivity contribution in [2.75, 3.05) is 7.11 Å². The second kappa shape index (κ2) is 6.79. The Morgan fingerprint density at radius 2 is 1.88 bits per heavy atom. The highest BCUT2D eigenvalue weighted by Crippen LogP contribution is 2.32. The number of methoxy groups -OCH3 is 1. The van der Waals surface area contributed by atoms with Crippen LogP contribution in [-0.2, 0) is 0 Å². The van der Waals surface area contributed by atoms with Crippen LogP contribution in [0, 0.1) is 24.0 Å². The van der Waals surface area contributed by atoms with Gasteiger partial charge in [-0.3, -0.25) is 15.1 Å². The highest BCUT2D eigenvalue weighted by molar-refractivity contribution is 6.04. The molecule has 0 saturated heterocycles. The predicted octanol–water partition coefficient (Wildman–Crippen LogP) is 3.99. The minimum atomic E-state index is -0.681. The number of pyridine rings is 1. The Kier molecular flexibility index (Phi) is 4.53. The molecule has 0 N–H and O–H groups in total. The van der Waals surface area contributed by atoms with Crippen LogP contribution in [0.2, 0.25) is 0 Å². The Bertz CT molecular complexity index is 1030. The van der Waals surface area contributed by atoms with Gasteiger partial charge >= 0.3 is 11.7 Å². The zero-order chi connectivity index (χ0) is 18.8. The van der Waals surface area contributed by atoms with E-state index in [1.165, 1.54) is 25.3 Å². The molecule has 26 heavy (non-hydrogen) atoms. The number of aryl methyl sites for hydroxylation is 2. The topological polar surface area (TPSA) is 91.6 Å². The second-order valence-electron chi connectivity index (χ2n) is 5.81. The van der Waals surface area contributed by atoms with Crippen LogP contribution in [0.15, 0.2) is 42.5 Å². The predicted molar refractivity (Wildman–Crippen MR) is 95.8 cm³/mol. The number of carbonyl (C=O) groups excluding carboxylic acids is 1. The molecule has 0 bridgehead atoms. The molecule has 0 fully saturated rings. The van der Waals surface area contributed by atoms with E-state index in [0.717, 1.165) is 5.56 Å². The van der Waals surface area contributed by atoms with Crippen molar-refractivity contribution in [2.24, 2.45) is 0 Å². The van der Waals surface area contributed by atoms with Crippen LogP contribution < -0.4 is 9.47 Å². The van der Waals surface area contributed by atoms with Crippen LogP contribution in [-0.4, -0.2) is 23.0 Å². The fourth-order valence-electron chi connectivity index (χ4n) is 2.65. The van der Waals surface area contributed by atoms with Gasteiger partial charge in [-0.2, -0.15) is 0 Å². The highest BCUT2D eigenvalue weighted by Gasteiger charge is 2.22. The molecule has 0 atom stereocenters. The lowest BCUT2D eigenvalue weighted by molar-refractivity contribution is -0.385. The molecule has 0 aliphatic carbocycles. The number of hydrogen-bond acceptors (Lipinski definition) is 6. The van der Waals surface area contributed by atoms with E-state index < -0.39 is 10.9 Å². The fraction of sp³-hybridized carbons (Fsp3) is 0.158. The molecule has 0 aliphatic rings. The largest absolute Gasteiger partial charge is 0.496 e. The van der Waals surface area contributed by atoms with E-state index in [-0.39, 0.29) is 11.4 Å². The smallest absolute Gasteiger partial charge is 0.344 e. The highest BCUT2D eigenvalue weighted by atomic mass is 16.6. The quantitative estimate of drug-likeness (QED) is 0.305. The first-order valence-electron chi connectivity index (χ1n) is 7.81. The number of carbonyl (C=O) groups is 1. The van der Waals surface area contributed by atoms with Gasteiger partial charge in [0.15, 0.2) is 0 Å². The molecule has 1 aromatic heterocycles. The van der Waals surface area contributed by atoms with Gasteiger partial charge in [-0.25, -0.2) is 4.79 Å². The van der Waals surface area contributed by atoms with Crippen molar-refractivity contribution in [3.63, 3.8) is 0 Å². The summed E-state index contributed by atoms with van der Waals surface area (Å²) in [7, 11) is 1.40. The van der Waals surface area contributed by atoms with Crippen LogP contribution in [0.25, 0.3) is 10.9 Å². The summed E-state index contributed by atoms with van der Waals surface area (Å²) < 4.78 is 10.3. The van der Waals surface area contributed by atoms with Crippen LogP contribution in [0.1, 0.15) is 21.6 Å². The first-order chi connectivity index (χ1) is 12.4. The van der Waals surface area contributed by atoms with Gasteiger partial charge in [0, 0.05) is 11.1 Å². The number of hydrogen-bond donors (Lipinski definition) is 0. The molecule has 0 aliphatic heterocycles. The van der Waals surface area contributed by atoms with Gasteiger partial charge in [-0.15, -0.1) is 0 Å². The number of esters is 1. The summed E-state index contributed by atoms with van der Waals surface area (Å²) in [6.07, 6.45) is 0. The zero-order valence-corrected chi connectivity index (χ0v) is 14.5. The molecule has 0 radical (unpaired) electrons. The molecule has 132 valence electrons. The van der Waals surface area contributed by atoms with Gasteiger partial charge in [0.2, 0.25) is 5.75 Å². The molecule has 7 nitrogen and oxygen atoms in total. The molecule has 0 spiro atoms. The molecule has 1 heterocycles. The Morgan fingerprint density at radius 3 is 2.58 bits per heavy atom. The van der Waals surface area contributed by atoms with E-state index in [1.807, 2.05) is 25.1 Å². The van der Waals surface area contributed by atoms with Crippen molar-refractivity contribution < 1.29 is 19.2 Å². The van der Waals surface area contributed by atoms with E-state index in [9.17, 15) is 14.9 Å². The Hall–Kier alpha value is -3.48. The third kappa shape index (κ3) is 3.32. The molecule has 3 aromatic rings. The molecule has 2 aromatic carbocycles. The van der Waals surface area contributed by atoms with E-state index in [0.29, 0.717) is 27.9 Å².